The monoisotopic (exact) mass is 369 g/mol. The van der Waals surface area contributed by atoms with Crippen molar-refractivity contribution >= 4 is 11.7 Å². The van der Waals surface area contributed by atoms with Crippen molar-refractivity contribution < 1.29 is 22.7 Å². The number of amides is 2. The summed E-state index contributed by atoms with van der Waals surface area (Å²) in [7, 11) is 0. The van der Waals surface area contributed by atoms with Crippen LogP contribution in [0.4, 0.5) is 23.7 Å². The van der Waals surface area contributed by atoms with Gasteiger partial charge in [-0.1, -0.05) is 0 Å². The second-order valence-corrected chi connectivity index (χ2v) is 5.87. The number of nitrogens with zero attached hydrogens (tertiary/aromatic N) is 3. The molecule has 2 amide bonds. The average Bonchev–Trinajstić information content (AvgIpc) is 3.28. The number of carbonyl (C=O) groups is 1. The molecular formula is C16H18F3N5O2. The zero-order valence-electron chi connectivity index (χ0n) is 13.8. The molecular weight excluding hydrogens is 351 g/mol. The maximum Gasteiger partial charge on any atom is 0.418 e. The van der Waals surface area contributed by atoms with E-state index in [1.54, 1.807) is 0 Å². The minimum absolute atomic E-state index is 0.1000. The summed E-state index contributed by atoms with van der Waals surface area (Å²) in [5, 5.41) is 8.62. The number of hydrogen-bond acceptors (Lipinski definition) is 4. The van der Waals surface area contributed by atoms with Crippen LogP contribution in [0.1, 0.15) is 24.8 Å². The molecule has 0 aliphatic carbocycles. The summed E-state index contributed by atoms with van der Waals surface area (Å²) >= 11 is 0. The molecule has 1 atom stereocenters. The number of rotatable bonds is 5. The van der Waals surface area contributed by atoms with Gasteiger partial charge < -0.3 is 15.4 Å². The Kier molecular flexibility index (Phi) is 5.40. The average molecular weight is 369 g/mol. The lowest BCUT2D eigenvalue weighted by Crippen LogP contribution is -2.32. The van der Waals surface area contributed by atoms with Crippen LogP contribution in [0.25, 0.3) is 5.69 Å². The molecule has 0 spiro atoms. The lowest BCUT2D eigenvalue weighted by Gasteiger charge is -2.16. The van der Waals surface area contributed by atoms with Crippen molar-refractivity contribution in [1.82, 2.24) is 20.1 Å². The number of halogens is 3. The number of hydrogen-bond donors (Lipinski definition) is 2. The highest BCUT2D eigenvalue weighted by atomic mass is 19.4. The first-order chi connectivity index (χ1) is 12.4. The molecule has 1 aromatic carbocycles. The summed E-state index contributed by atoms with van der Waals surface area (Å²) in [5.41, 5.74) is -1.09. The van der Waals surface area contributed by atoms with Gasteiger partial charge in [0.05, 0.1) is 23.0 Å². The molecule has 0 saturated carbocycles. The number of anilines is 1. The number of nitrogens with one attached hydrogen (secondary N) is 2. The van der Waals surface area contributed by atoms with Crippen molar-refractivity contribution in [2.45, 2.75) is 31.5 Å². The minimum atomic E-state index is -4.63. The number of urea groups is 1. The molecule has 0 unspecified atom stereocenters. The first-order valence-electron chi connectivity index (χ1n) is 8.16. The number of alkyl halides is 3. The second-order valence-electron chi connectivity index (χ2n) is 5.87. The molecule has 7 nitrogen and oxygen atoms in total. The van der Waals surface area contributed by atoms with E-state index >= 15 is 0 Å². The van der Waals surface area contributed by atoms with Gasteiger partial charge in [0.15, 0.2) is 0 Å². The smallest absolute Gasteiger partial charge is 0.378 e. The fraction of sp³-hybridized carbons (Fsp3) is 0.438. The lowest BCUT2D eigenvalue weighted by molar-refractivity contribution is -0.136. The van der Waals surface area contributed by atoms with Gasteiger partial charge in [0, 0.05) is 13.2 Å². The summed E-state index contributed by atoms with van der Waals surface area (Å²) in [4.78, 5) is 15.6. The van der Waals surface area contributed by atoms with Gasteiger partial charge in [-0.25, -0.2) is 14.5 Å². The van der Waals surface area contributed by atoms with E-state index < -0.39 is 17.8 Å². The minimum Gasteiger partial charge on any atom is -0.378 e. The highest BCUT2D eigenvalue weighted by molar-refractivity contribution is 5.90. The molecule has 0 radical (unpaired) electrons. The number of aromatic nitrogens is 3. The topological polar surface area (TPSA) is 81.1 Å². The molecule has 1 saturated heterocycles. The van der Waals surface area contributed by atoms with Gasteiger partial charge in [-0.15, -0.1) is 0 Å². The summed E-state index contributed by atoms with van der Waals surface area (Å²) in [6.07, 6.45) is 0.543. The highest BCUT2D eigenvalue weighted by Crippen LogP contribution is 2.36. The zero-order chi connectivity index (χ0) is 18.6. The Bertz CT molecular complexity index is 743. The van der Waals surface area contributed by atoms with Gasteiger partial charge in [0.25, 0.3) is 0 Å². The van der Waals surface area contributed by atoms with E-state index in [1.807, 2.05) is 0 Å². The fourth-order valence-electron chi connectivity index (χ4n) is 2.75. The Balaban J connectivity index is 1.67. The van der Waals surface area contributed by atoms with Gasteiger partial charge in [-0.2, -0.15) is 18.3 Å². The van der Waals surface area contributed by atoms with Crippen molar-refractivity contribution in [2.75, 3.05) is 18.5 Å². The summed E-state index contributed by atoms with van der Waals surface area (Å²) in [5.74, 6) is 0. The van der Waals surface area contributed by atoms with Crippen LogP contribution in [0.15, 0.2) is 30.9 Å². The summed E-state index contributed by atoms with van der Waals surface area (Å²) in [6, 6.07) is 2.84. The molecule has 1 aliphatic rings. The van der Waals surface area contributed by atoms with Gasteiger partial charge in [0.2, 0.25) is 0 Å². The number of benzene rings is 1. The van der Waals surface area contributed by atoms with Crippen molar-refractivity contribution in [3.63, 3.8) is 0 Å². The quantitative estimate of drug-likeness (QED) is 0.849. The molecule has 0 bridgehead atoms. The molecule has 3 rings (SSSR count). The SMILES string of the molecule is O=C(NCC[C@@H]1CCCO1)Nc1ccc(-n2cncn2)cc1C(F)(F)F. The highest BCUT2D eigenvalue weighted by Gasteiger charge is 2.34. The van der Waals surface area contributed by atoms with Crippen molar-refractivity contribution in [3.8, 4) is 5.69 Å². The summed E-state index contributed by atoms with van der Waals surface area (Å²) in [6.45, 7) is 1.04. The third-order valence-electron chi connectivity index (χ3n) is 4.02. The Morgan fingerprint density at radius 3 is 2.88 bits per heavy atom. The predicted molar refractivity (Wildman–Crippen MR) is 87.0 cm³/mol. The number of ether oxygens (including phenoxy) is 1. The van der Waals surface area contributed by atoms with Crippen molar-refractivity contribution in [3.05, 3.63) is 36.4 Å². The maximum absolute atomic E-state index is 13.3. The van der Waals surface area contributed by atoms with Crippen LogP contribution in [-0.2, 0) is 10.9 Å². The van der Waals surface area contributed by atoms with Crippen LogP contribution >= 0.6 is 0 Å². The molecule has 1 aliphatic heterocycles. The molecule has 1 aromatic heterocycles. The maximum atomic E-state index is 13.3. The molecule has 2 N–H and O–H groups in total. The molecule has 26 heavy (non-hydrogen) atoms. The fourth-order valence-corrected chi connectivity index (χ4v) is 2.75. The normalized spacial score (nSPS) is 17.3. The summed E-state index contributed by atoms with van der Waals surface area (Å²) < 4.78 is 46.7. The van der Waals surface area contributed by atoms with E-state index in [0.717, 1.165) is 18.9 Å². The molecule has 2 heterocycles. The Morgan fingerprint density at radius 2 is 2.23 bits per heavy atom. The third-order valence-corrected chi connectivity index (χ3v) is 4.02. The molecule has 140 valence electrons. The van der Waals surface area contributed by atoms with Crippen LogP contribution in [0.3, 0.4) is 0 Å². The van der Waals surface area contributed by atoms with Crippen LogP contribution in [0.2, 0.25) is 0 Å². The largest absolute Gasteiger partial charge is 0.418 e. The van der Waals surface area contributed by atoms with Crippen LogP contribution in [0.5, 0.6) is 0 Å². The van der Waals surface area contributed by atoms with Gasteiger partial charge in [-0.3, -0.25) is 0 Å². The van der Waals surface area contributed by atoms with Crippen LogP contribution in [0, 0.1) is 0 Å². The van der Waals surface area contributed by atoms with Crippen LogP contribution in [-0.4, -0.2) is 40.1 Å². The Hall–Kier alpha value is -2.62. The van der Waals surface area contributed by atoms with Crippen molar-refractivity contribution in [1.29, 1.82) is 0 Å². The zero-order valence-corrected chi connectivity index (χ0v) is 13.8. The van der Waals surface area contributed by atoms with Gasteiger partial charge >= 0.3 is 12.2 Å². The van der Waals surface area contributed by atoms with E-state index in [-0.39, 0.29) is 17.5 Å². The van der Waals surface area contributed by atoms with E-state index in [0.29, 0.717) is 19.6 Å². The lowest BCUT2D eigenvalue weighted by atomic mass is 10.1. The van der Waals surface area contributed by atoms with E-state index in [4.69, 9.17) is 4.74 Å². The van der Waals surface area contributed by atoms with Gasteiger partial charge in [0.1, 0.15) is 12.7 Å². The molecule has 10 heteroatoms. The molecule has 1 fully saturated rings. The first kappa shape index (κ1) is 18.2. The Labute approximate surface area is 147 Å². The first-order valence-corrected chi connectivity index (χ1v) is 8.16. The number of carbonyl (C=O) groups excluding carboxylic acids is 1. The molecule has 2 aromatic rings. The van der Waals surface area contributed by atoms with E-state index in [2.05, 4.69) is 20.7 Å². The van der Waals surface area contributed by atoms with Crippen molar-refractivity contribution in [2.24, 2.45) is 0 Å². The Morgan fingerprint density at radius 1 is 1.38 bits per heavy atom. The predicted octanol–water partition coefficient (Wildman–Crippen LogP) is 2.98. The van der Waals surface area contributed by atoms with Crippen LogP contribution < -0.4 is 10.6 Å². The van der Waals surface area contributed by atoms with E-state index in [1.165, 1.54) is 29.5 Å². The van der Waals surface area contributed by atoms with Gasteiger partial charge in [-0.05, 0) is 37.5 Å². The second kappa shape index (κ2) is 7.73. The van der Waals surface area contributed by atoms with E-state index in [9.17, 15) is 18.0 Å². The third kappa shape index (κ3) is 4.51. The standard InChI is InChI=1S/C16H18F3N5O2/c17-16(18,19)13-8-11(24-10-20-9-22-24)3-4-14(13)23-15(25)21-6-5-12-2-1-7-26-12/h3-4,8-10,12H,1-2,5-7H2,(H2,21,23,25)/t12-/m0/s1.